The second kappa shape index (κ2) is 6.44. The van der Waals surface area contributed by atoms with Crippen LogP contribution in [-0.2, 0) is 9.53 Å². The van der Waals surface area contributed by atoms with Gasteiger partial charge >= 0.3 is 5.97 Å². The van der Waals surface area contributed by atoms with Crippen molar-refractivity contribution in [1.29, 1.82) is 5.26 Å². The van der Waals surface area contributed by atoms with Crippen molar-refractivity contribution in [2.24, 2.45) is 5.92 Å². The van der Waals surface area contributed by atoms with Crippen molar-refractivity contribution in [1.82, 2.24) is 9.80 Å². The van der Waals surface area contributed by atoms with Crippen molar-refractivity contribution in [2.45, 2.75) is 50.9 Å². The molecule has 3 aliphatic heterocycles. The Hall–Kier alpha value is -2.32. The lowest BCUT2D eigenvalue weighted by Crippen LogP contribution is -2.58. The second-order valence-electron chi connectivity index (χ2n) is 7.48. The highest BCUT2D eigenvalue weighted by Gasteiger charge is 2.62. The van der Waals surface area contributed by atoms with Crippen LogP contribution in [0.1, 0.15) is 44.7 Å². The molecule has 0 radical (unpaired) electrons. The molecule has 4 atom stereocenters. The Balaban J connectivity index is 1.80. The lowest BCUT2D eigenvalue weighted by Gasteiger charge is -2.50. The monoisotopic (exact) mass is 351 g/mol. The van der Waals surface area contributed by atoms with Crippen molar-refractivity contribution in [3.05, 3.63) is 47.7 Å². The normalized spacial score (nSPS) is 31.1. The van der Waals surface area contributed by atoms with Crippen LogP contribution in [0.5, 0.6) is 0 Å². The first-order valence-electron chi connectivity index (χ1n) is 9.51. The molecule has 1 spiro atoms. The zero-order valence-electron chi connectivity index (χ0n) is 15.4. The molecule has 4 rings (SSSR count). The maximum Gasteiger partial charge on any atom is 0.311 e. The van der Waals surface area contributed by atoms with E-state index in [2.05, 4.69) is 34.9 Å². The SMILES string of the molecule is CCOC(=O)[C@H]1C[C@]23CCCN2C=C(C#N)[C@H]1N3[C@@H](C)c1ccccc1. The summed E-state index contributed by atoms with van der Waals surface area (Å²) in [5, 5.41) is 9.80. The van der Waals surface area contributed by atoms with Gasteiger partial charge in [-0.2, -0.15) is 5.26 Å². The summed E-state index contributed by atoms with van der Waals surface area (Å²) < 4.78 is 5.39. The van der Waals surface area contributed by atoms with Gasteiger partial charge in [-0.3, -0.25) is 9.69 Å². The van der Waals surface area contributed by atoms with Crippen molar-refractivity contribution in [2.75, 3.05) is 13.2 Å². The molecule has 2 bridgehead atoms. The maximum atomic E-state index is 12.7. The summed E-state index contributed by atoms with van der Waals surface area (Å²) >= 11 is 0. The van der Waals surface area contributed by atoms with Gasteiger partial charge < -0.3 is 9.64 Å². The van der Waals surface area contributed by atoms with Crippen molar-refractivity contribution in [3.63, 3.8) is 0 Å². The molecule has 0 saturated carbocycles. The number of hydrogen-bond donors (Lipinski definition) is 0. The Morgan fingerprint density at radius 3 is 2.88 bits per heavy atom. The van der Waals surface area contributed by atoms with Gasteiger partial charge in [0.05, 0.1) is 35.9 Å². The summed E-state index contributed by atoms with van der Waals surface area (Å²) in [5.41, 5.74) is 1.71. The van der Waals surface area contributed by atoms with Crippen molar-refractivity contribution in [3.8, 4) is 6.07 Å². The summed E-state index contributed by atoms with van der Waals surface area (Å²) in [7, 11) is 0. The average molecular weight is 351 g/mol. The first-order chi connectivity index (χ1) is 12.6. The van der Waals surface area contributed by atoms with Crippen molar-refractivity contribution < 1.29 is 9.53 Å². The predicted octanol–water partition coefficient (Wildman–Crippen LogP) is 3.21. The Morgan fingerprint density at radius 2 is 2.19 bits per heavy atom. The summed E-state index contributed by atoms with van der Waals surface area (Å²) in [4.78, 5) is 17.5. The minimum Gasteiger partial charge on any atom is -0.466 e. The number of rotatable bonds is 4. The predicted molar refractivity (Wildman–Crippen MR) is 97.6 cm³/mol. The van der Waals surface area contributed by atoms with E-state index in [9.17, 15) is 10.1 Å². The number of carbonyl (C=O) groups is 1. The number of hydrogen-bond acceptors (Lipinski definition) is 5. The fraction of sp³-hybridized carbons (Fsp3) is 0.524. The van der Waals surface area contributed by atoms with Gasteiger partial charge in [0.2, 0.25) is 0 Å². The summed E-state index contributed by atoms with van der Waals surface area (Å²) in [6.45, 7) is 5.34. The lowest BCUT2D eigenvalue weighted by atomic mass is 9.93. The summed E-state index contributed by atoms with van der Waals surface area (Å²) in [6.07, 6.45) is 4.84. The molecule has 5 nitrogen and oxygen atoms in total. The van der Waals surface area contributed by atoms with E-state index < -0.39 is 0 Å². The minimum atomic E-state index is -0.282. The van der Waals surface area contributed by atoms with E-state index in [0.717, 1.165) is 25.8 Å². The average Bonchev–Trinajstić information content (AvgIpc) is 3.20. The molecular formula is C21H25N3O2. The van der Waals surface area contributed by atoms with Gasteiger partial charge in [0.1, 0.15) is 0 Å². The number of nitrogens with zero attached hydrogens (tertiary/aromatic N) is 3. The van der Waals surface area contributed by atoms with Gasteiger partial charge in [0.25, 0.3) is 0 Å². The molecule has 0 aromatic heterocycles. The van der Waals surface area contributed by atoms with Crippen LogP contribution >= 0.6 is 0 Å². The number of ether oxygens (including phenoxy) is 1. The van der Waals surface area contributed by atoms with Crippen LogP contribution in [-0.4, -0.2) is 40.6 Å². The van der Waals surface area contributed by atoms with Crippen LogP contribution in [0.25, 0.3) is 0 Å². The highest BCUT2D eigenvalue weighted by Crippen LogP contribution is 2.55. The maximum absolute atomic E-state index is 12.7. The molecule has 0 amide bonds. The number of carbonyl (C=O) groups excluding carboxylic acids is 1. The van der Waals surface area contributed by atoms with Crippen molar-refractivity contribution >= 4 is 5.97 Å². The molecule has 0 aliphatic carbocycles. The van der Waals surface area contributed by atoms with E-state index in [1.807, 2.05) is 31.3 Å². The highest BCUT2D eigenvalue weighted by atomic mass is 16.5. The van der Waals surface area contributed by atoms with E-state index in [0.29, 0.717) is 12.2 Å². The third kappa shape index (κ3) is 2.36. The quantitative estimate of drug-likeness (QED) is 0.780. The molecule has 2 saturated heterocycles. The van der Waals surface area contributed by atoms with Crippen LogP contribution in [0.3, 0.4) is 0 Å². The molecule has 5 heteroatoms. The summed E-state index contributed by atoms with van der Waals surface area (Å²) in [6, 6.07) is 12.7. The standard InChI is InChI=1S/C21H25N3O2/c1-3-26-20(25)18-12-21-10-7-11-23(21)14-17(13-22)19(18)24(21)15(2)16-8-5-4-6-9-16/h4-6,8-9,14-15,18-19H,3,7,10-12H2,1-2H3/t15-,18-,19+,21+/m0/s1. The van der Waals surface area contributed by atoms with Crippen LogP contribution in [0, 0.1) is 17.2 Å². The fourth-order valence-corrected chi connectivity index (χ4v) is 5.25. The molecule has 2 fully saturated rings. The molecule has 3 aliphatic rings. The fourth-order valence-electron chi connectivity index (χ4n) is 5.25. The molecule has 0 N–H and O–H groups in total. The van der Waals surface area contributed by atoms with Gasteiger partial charge in [-0.05, 0) is 38.7 Å². The van der Waals surface area contributed by atoms with E-state index in [1.165, 1.54) is 5.56 Å². The number of fused-ring (bicyclic) bond motifs is 1. The van der Waals surface area contributed by atoms with Crippen LogP contribution in [0.2, 0.25) is 0 Å². The smallest absolute Gasteiger partial charge is 0.311 e. The van der Waals surface area contributed by atoms with Gasteiger partial charge in [-0.1, -0.05) is 30.3 Å². The van der Waals surface area contributed by atoms with Crippen LogP contribution in [0.4, 0.5) is 0 Å². The first-order valence-corrected chi connectivity index (χ1v) is 9.51. The zero-order chi connectivity index (χ0) is 18.3. The third-order valence-electron chi connectivity index (χ3n) is 6.25. The van der Waals surface area contributed by atoms with Crippen LogP contribution < -0.4 is 0 Å². The first kappa shape index (κ1) is 17.1. The van der Waals surface area contributed by atoms with E-state index in [4.69, 9.17) is 4.74 Å². The number of esters is 1. The Kier molecular flexibility index (Phi) is 4.24. The molecule has 3 heterocycles. The molecule has 1 aromatic rings. The second-order valence-corrected chi connectivity index (χ2v) is 7.48. The molecule has 0 unspecified atom stereocenters. The van der Waals surface area contributed by atoms with Gasteiger partial charge in [-0.15, -0.1) is 0 Å². The molecule has 1 aromatic carbocycles. The molecular weight excluding hydrogens is 326 g/mol. The third-order valence-corrected chi connectivity index (χ3v) is 6.25. The van der Waals surface area contributed by atoms with E-state index in [1.54, 1.807) is 0 Å². The number of nitriles is 1. The number of benzene rings is 1. The largest absolute Gasteiger partial charge is 0.466 e. The van der Waals surface area contributed by atoms with Gasteiger partial charge in [0, 0.05) is 18.8 Å². The Bertz CT molecular complexity index is 769. The van der Waals surface area contributed by atoms with Crippen LogP contribution in [0.15, 0.2) is 42.1 Å². The minimum absolute atomic E-state index is 0.123. The Morgan fingerprint density at radius 1 is 1.42 bits per heavy atom. The Labute approximate surface area is 154 Å². The van der Waals surface area contributed by atoms with E-state index >= 15 is 0 Å². The molecule has 26 heavy (non-hydrogen) atoms. The summed E-state index contributed by atoms with van der Waals surface area (Å²) in [5.74, 6) is -0.454. The zero-order valence-corrected chi connectivity index (χ0v) is 15.4. The lowest BCUT2D eigenvalue weighted by molar-refractivity contribution is -0.148. The van der Waals surface area contributed by atoms with Gasteiger partial charge in [-0.25, -0.2) is 0 Å². The topological polar surface area (TPSA) is 56.6 Å². The van der Waals surface area contributed by atoms with Gasteiger partial charge in [0.15, 0.2) is 0 Å². The molecule has 136 valence electrons. The van der Waals surface area contributed by atoms with E-state index in [-0.39, 0.29) is 29.6 Å². The highest BCUT2D eigenvalue weighted by molar-refractivity contribution is 5.75.